The number of halogens is 2. The van der Waals surface area contributed by atoms with E-state index in [2.05, 4.69) is 18.0 Å². The molecule has 5 rings (SSSR count). The van der Waals surface area contributed by atoms with Crippen molar-refractivity contribution in [1.82, 2.24) is 18.9 Å². The Kier molecular flexibility index (Phi) is 9.65. The van der Waals surface area contributed by atoms with Gasteiger partial charge in [0.15, 0.2) is 0 Å². The Morgan fingerprint density at radius 2 is 1.86 bits per heavy atom. The van der Waals surface area contributed by atoms with Crippen LogP contribution in [-0.2, 0) is 24.3 Å². The first kappa shape index (κ1) is 31.6. The van der Waals surface area contributed by atoms with Gasteiger partial charge in [0.05, 0.1) is 10.6 Å². The zero-order valence-electron chi connectivity index (χ0n) is 24.8. The number of rotatable bonds is 8. The average Bonchev–Trinajstić information content (AvgIpc) is 3.15. The molecule has 0 bridgehead atoms. The molecule has 3 amide bonds. The zero-order valence-corrected chi connectivity index (χ0v) is 26.3. The maximum atomic E-state index is 14.3. The van der Waals surface area contributed by atoms with Crippen molar-refractivity contribution in [2.24, 2.45) is 0 Å². The number of likely N-dealkylation sites (tertiary alicyclic amines) is 1. The van der Waals surface area contributed by atoms with E-state index in [1.807, 2.05) is 30.9 Å². The summed E-state index contributed by atoms with van der Waals surface area (Å²) in [6, 6.07) is 9.98. The first-order valence-corrected chi connectivity index (χ1v) is 15.9. The summed E-state index contributed by atoms with van der Waals surface area (Å²) < 4.78 is 16.6. The van der Waals surface area contributed by atoms with E-state index >= 15 is 0 Å². The van der Waals surface area contributed by atoms with Crippen molar-refractivity contribution < 1.29 is 14.0 Å². The standard InChI is InChI=1S/C32H35ClFN5O4S/c1-20(2)44-16-15-39-30(41)25(24-5-4-6-26(34)29(24)33)18-37(32(39)43)19-28(40)36-12-10-23(11-13-36)38-14-9-22-17-21(3)7-8-27(22)35-31(38)42/h4-8,17-18,23H,1,9-16,19H2,2-3H3,(H,35,42). The Bertz CT molecular complexity index is 1730. The summed E-state index contributed by atoms with van der Waals surface area (Å²) in [6.45, 7) is 8.92. The van der Waals surface area contributed by atoms with Crippen molar-refractivity contribution in [3.8, 4) is 11.1 Å². The van der Waals surface area contributed by atoms with Crippen LogP contribution in [0.25, 0.3) is 11.1 Å². The van der Waals surface area contributed by atoms with Crippen molar-refractivity contribution in [3.63, 3.8) is 0 Å². The highest BCUT2D eigenvalue weighted by molar-refractivity contribution is 8.03. The van der Waals surface area contributed by atoms with Gasteiger partial charge in [-0.3, -0.25) is 18.7 Å². The number of aryl methyl sites for hydroxylation is 1. The van der Waals surface area contributed by atoms with Gasteiger partial charge in [-0.1, -0.05) is 48.0 Å². The van der Waals surface area contributed by atoms with Gasteiger partial charge in [0.2, 0.25) is 5.91 Å². The van der Waals surface area contributed by atoms with Crippen LogP contribution < -0.4 is 16.6 Å². The zero-order chi connectivity index (χ0) is 31.5. The highest BCUT2D eigenvalue weighted by atomic mass is 35.5. The molecule has 44 heavy (non-hydrogen) atoms. The fourth-order valence-corrected chi connectivity index (χ4v) is 6.62. The van der Waals surface area contributed by atoms with Crippen LogP contribution in [0.5, 0.6) is 0 Å². The minimum Gasteiger partial charge on any atom is -0.341 e. The second-order valence-corrected chi connectivity index (χ2v) is 13.0. The molecule has 0 radical (unpaired) electrons. The van der Waals surface area contributed by atoms with Crippen molar-refractivity contribution in [3.05, 3.63) is 96.9 Å². The van der Waals surface area contributed by atoms with Crippen LogP contribution in [0.1, 0.15) is 30.9 Å². The lowest BCUT2D eigenvalue weighted by atomic mass is 10.0. The van der Waals surface area contributed by atoms with Crippen LogP contribution >= 0.6 is 23.4 Å². The Hall–Kier alpha value is -3.83. The molecule has 2 aliphatic heterocycles. The van der Waals surface area contributed by atoms with Gasteiger partial charge in [-0.25, -0.2) is 14.0 Å². The topological polar surface area (TPSA) is 96.7 Å². The highest BCUT2D eigenvalue weighted by Crippen LogP contribution is 2.28. The number of anilines is 1. The first-order chi connectivity index (χ1) is 21.0. The maximum Gasteiger partial charge on any atom is 0.331 e. The number of nitrogens with one attached hydrogen (secondary N) is 1. The molecule has 0 unspecified atom stereocenters. The largest absolute Gasteiger partial charge is 0.341 e. The van der Waals surface area contributed by atoms with Gasteiger partial charge < -0.3 is 15.1 Å². The van der Waals surface area contributed by atoms with E-state index < -0.39 is 17.1 Å². The van der Waals surface area contributed by atoms with Gasteiger partial charge >= 0.3 is 11.7 Å². The predicted molar refractivity (Wildman–Crippen MR) is 173 cm³/mol. The minimum absolute atomic E-state index is 0.0216. The second kappa shape index (κ2) is 13.4. The van der Waals surface area contributed by atoms with E-state index in [-0.39, 0.29) is 47.2 Å². The van der Waals surface area contributed by atoms with E-state index in [1.165, 1.54) is 40.7 Å². The molecule has 1 fully saturated rings. The van der Waals surface area contributed by atoms with E-state index in [1.54, 1.807) is 4.90 Å². The van der Waals surface area contributed by atoms with Crippen LogP contribution in [0.4, 0.5) is 14.9 Å². The smallest absolute Gasteiger partial charge is 0.331 e. The Morgan fingerprint density at radius 3 is 2.59 bits per heavy atom. The number of urea groups is 1. The number of hydrogen-bond donors (Lipinski definition) is 1. The van der Waals surface area contributed by atoms with Crippen LogP contribution in [0, 0.1) is 12.7 Å². The van der Waals surface area contributed by atoms with Gasteiger partial charge in [0.25, 0.3) is 5.56 Å². The Balaban J connectivity index is 1.32. The van der Waals surface area contributed by atoms with E-state index in [9.17, 15) is 23.6 Å². The molecule has 232 valence electrons. The number of allylic oxidation sites excluding steroid dienone is 1. The van der Waals surface area contributed by atoms with E-state index in [0.29, 0.717) is 38.2 Å². The van der Waals surface area contributed by atoms with Crippen LogP contribution in [-0.4, -0.2) is 62.3 Å². The van der Waals surface area contributed by atoms with Gasteiger partial charge in [0, 0.05) is 55.4 Å². The molecule has 1 saturated heterocycles. The SMILES string of the molecule is C=C(C)SCCn1c(=O)c(-c2cccc(F)c2Cl)cn(CC(=O)N2CCC(N3CCc4cc(C)ccc4NC3=O)CC2)c1=O. The summed E-state index contributed by atoms with van der Waals surface area (Å²) in [5, 5.41) is 2.79. The summed E-state index contributed by atoms with van der Waals surface area (Å²) >= 11 is 7.62. The molecule has 0 saturated carbocycles. The predicted octanol–water partition coefficient (Wildman–Crippen LogP) is 5.13. The van der Waals surface area contributed by atoms with Crippen LogP contribution in [0.15, 0.2) is 63.7 Å². The lowest BCUT2D eigenvalue weighted by molar-refractivity contribution is -0.133. The normalized spacial score (nSPS) is 15.5. The fourth-order valence-electron chi connectivity index (χ4n) is 5.77. The molecule has 12 heteroatoms. The second-order valence-electron chi connectivity index (χ2n) is 11.2. The number of thioether (sulfide) groups is 1. The monoisotopic (exact) mass is 639 g/mol. The lowest BCUT2D eigenvalue weighted by Gasteiger charge is -2.38. The molecule has 0 atom stereocenters. The first-order valence-electron chi connectivity index (χ1n) is 14.6. The van der Waals surface area contributed by atoms with Crippen LogP contribution in [0.3, 0.4) is 0 Å². The number of hydrogen-bond acceptors (Lipinski definition) is 5. The van der Waals surface area contributed by atoms with Gasteiger partial charge in [-0.05, 0) is 55.7 Å². The molecular weight excluding hydrogens is 605 g/mol. The Morgan fingerprint density at radius 1 is 1.11 bits per heavy atom. The number of piperidine rings is 1. The van der Waals surface area contributed by atoms with Gasteiger partial charge in [-0.2, -0.15) is 0 Å². The number of amides is 3. The number of carbonyl (C=O) groups is 2. The number of fused-ring (bicyclic) bond motifs is 1. The quantitative estimate of drug-likeness (QED) is 0.369. The average molecular weight is 640 g/mol. The van der Waals surface area contributed by atoms with E-state index in [0.717, 1.165) is 32.7 Å². The molecule has 2 aromatic carbocycles. The van der Waals surface area contributed by atoms with Gasteiger partial charge in [0.1, 0.15) is 12.4 Å². The van der Waals surface area contributed by atoms with Gasteiger partial charge in [-0.15, -0.1) is 11.8 Å². The number of carbonyl (C=O) groups excluding carboxylic acids is 2. The molecule has 9 nitrogen and oxygen atoms in total. The molecular formula is C32H35ClFN5O4S. The highest BCUT2D eigenvalue weighted by Gasteiger charge is 2.31. The molecule has 0 spiro atoms. The fraction of sp³-hybridized carbons (Fsp3) is 0.375. The van der Waals surface area contributed by atoms with Crippen molar-refractivity contribution in [2.45, 2.75) is 52.2 Å². The molecule has 3 heterocycles. The van der Waals surface area contributed by atoms with Crippen molar-refractivity contribution >= 4 is 41.0 Å². The molecule has 3 aromatic rings. The Labute approximate surface area is 264 Å². The van der Waals surface area contributed by atoms with Crippen molar-refractivity contribution in [2.75, 3.05) is 30.7 Å². The van der Waals surface area contributed by atoms with E-state index in [4.69, 9.17) is 11.6 Å². The summed E-state index contributed by atoms with van der Waals surface area (Å²) in [7, 11) is 0. The summed E-state index contributed by atoms with van der Waals surface area (Å²) in [5.74, 6) is -0.561. The summed E-state index contributed by atoms with van der Waals surface area (Å²) in [4.78, 5) is 57.7. The molecule has 2 aliphatic rings. The number of benzene rings is 2. The number of aromatic nitrogens is 2. The number of nitrogens with zero attached hydrogens (tertiary/aromatic N) is 4. The summed E-state index contributed by atoms with van der Waals surface area (Å²) in [6.07, 6.45) is 3.24. The molecule has 1 N–H and O–H groups in total. The third-order valence-electron chi connectivity index (χ3n) is 8.09. The summed E-state index contributed by atoms with van der Waals surface area (Å²) in [5.41, 5.74) is 2.02. The third kappa shape index (κ3) is 6.78. The minimum atomic E-state index is -0.693. The third-order valence-corrected chi connectivity index (χ3v) is 9.35. The van der Waals surface area contributed by atoms with Crippen molar-refractivity contribution in [1.29, 1.82) is 0 Å². The maximum absolute atomic E-state index is 14.3. The lowest BCUT2D eigenvalue weighted by Crippen LogP contribution is -2.51. The molecule has 1 aromatic heterocycles. The molecule has 0 aliphatic carbocycles. The van der Waals surface area contributed by atoms with Crippen LogP contribution in [0.2, 0.25) is 5.02 Å².